The molecular weight excluding hydrogens is 370 g/mol. The SMILES string of the molecule is CC(=O)c1cccc(Nc2cnnc(Nc3cccc(Br)c3)n2)c1. The zero-order valence-electron chi connectivity index (χ0n) is 12.8. The van der Waals surface area contributed by atoms with Gasteiger partial charge in [-0.3, -0.25) is 4.79 Å². The highest BCUT2D eigenvalue weighted by atomic mass is 79.9. The Kier molecular flexibility index (Phi) is 4.81. The number of carbonyl (C=O) groups excluding carboxylic acids is 1. The molecule has 0 amide bonds. The van der Waals surface area contributed by atoms with Gasteiger partial charge in [-0.25, -0.2) is 0 Å². The first-order chi connectivity index (χ1) is 11.6. The number of Topliss-reactive ketones (excluding diaryl/α,β-unsaturated/α-hetero) is 1. The summed E-state index contributed by atoms with van der Waals surface area (Å²) in [6.45, 7) is 1.53. The third-order valence-corrected chi connectivity index (χ3v) is 3.67. The van der Waals surface area contributed by atoms with E-state index < -0.39 is 0 Å². The topological polar surface area (TPSA) is 79.8 Å². The maximum Gasteiger partial charge on any atom is 0.249 e. The van der Waals surface area contributed by atoms with Crippen LogP contribution in [-0.2, 0) is 0 Å². The van der Waals surface area contributed by atoms with Crippen LogP contribution in [0.1, 0.15) is 17.3 Å². The number of carbonyl (C=O) groups is 1. The third-order valence-electron chi connectivity index (χ3n) is 3.18. The molecule has 0 bridgehead atoms. The highest BCUT2D eigenvalue weighted by Gasteiger charge is 2.04. The fourth-order valence-corrected chi connectivity index (χ4v) is 2.48. The van der Waals surface area contributed by atoms with Gasteiger partial charge < -0.3 is 10.6 Å². The number of rotatable bonds is 5. The molecule has 0 radical (unpaired) electrons. The van der Waals surface area contributed by atoms with E-state index in [9.17, 15) is 4.79 Å². The standard InChI is InChI=1S/C17H14BrN5O/c1-11(24)12-4-2-6-14(8-12)20-16-10-19-23-17(22-16)21-15-7-3-5-13(18)9-15/h2-10H,1H3,(H2,20,21,22,23). The number of hydrogen-bond donors (Lipinski definition) is 2. The summed E-state index contributed by atoms with van der Waals surface area (Å²) in [4.78, 5) is 15.8. The smallest absolute Gasteiger partial charge is 0.249 e. The molecule has 0 aliphatic heterocycles. The van der Waals surface area contributed by atoms with Crippen LogP contribution in [0.3, 0.4) is 0 Å². The molecule has 3 aromatic rings. The highest BCUT2D eigenvalue weighted by Crippen LogP contribution is 2.20. The molecule has 0 unspecified atom stereocenters. The van der Waals surface area contributed by atoms with Gasteiger partial charge in [-0.05, 0) is 37.3 Å². The Morgan fingerprint density at radius 1 is 1.04 bits per heavy atom. The number of benzene rings is 2. The summed E-state index contributed by atoms with van der Waals surface area (Å²) in [6.07, 6.45) is 1.52. The number of hydrogen-bond acceptors (Lipinski definition) is 6. The molecule has 24 heavy (non-hydrogen) atoms. The third kappa shape index (κ3) is 4.14. The number of halogens is 1. The minimum atomic E-state index is 0.0106. The Labute approximate surface area is 147 Å². The monoisotopic (exact) mass is 383 g/mol. The van der Waals surface area contributed by atoms with Crippen LogP contribution in [0.2, 0.25) is 0 Å². The first-order valence-corrected chi connectivity index (χ1v) is 8.00. The first kappa shape index (κ1) is 16.1. The molecule has 6 nitrogen and oxygen atoms in total. The molecule has 1 aromatic heterocycles. The van der Waals surface area contributed by atoms with Crippen LogP contribution in [-0.4, -0.2) is 21.0 Å². The van der Waals surface area contributed by atoms with E-state index in [0.29, 0.717) is 17.3 Å². The van der Waals surface area contributed by atoms with Crippen molar-refractivity contribution in [2.45, 2.75) is 6.92 Å². The Hall–Kier alpha value is -2.80. The van der Waals surface area contributed by atoms with Crippen molar-refractivity contribution in [1.29, 1.82) is 0 Å². The minimum absolute atomic E-state index is 0.0106. The minimum Gasteiger partial charge on any atom is -0.339 e. The normalized spacial score (nSPS) is 10.2. The lowest BCUT2D eigenvalue weighted by atomic mass is 10.1. The van der Waals surface area contributed by atoms with Gasteiger partial charge in [-0.2, -0.15) is 10.1 Å². The van der Waals surface area contributed by atoms with Crippen LogP contribution in [0, 0.1) is 0 Å². The van der Waals surface area contributed by atoms with E-state index in [1.165, 1.54) is 13.1 Å². The maximum absolute atomic E-state index is 11.5. The molecule has 3 rings (SSSR count). The maximum atomic E-state index is 11.5. The van der Waals surface area contributed by atoms with Crippen LogP contribution in [0.25, 0.3) is 0 Å². The summed E-state index contributed by atoms with van der Waals surface area (Å²) < 4.78 is 0.954. The highest BCUT2D eigenvalue weighted by molar-refractivity contribution is 9.10. The van der Waals surface area contributed by atoms with Gasteiger partial charge in [0.15, 0.2) is 11.6 Å². The van der Waals surface area contributed by atoms with Crippen molar-refractivity contribution in [2.75, 3.05) is 10.6 Å². The van der Waals surface area contributed by atoms with Gasteiger partial charge in [0.05, 0.1) is 6.20 Å². The molecule has 0 saturated heterocycles. The van der Waals surface area contributed by atoms with Crippen LogP contribution in [0.4, 0.5) is 23.1 Å². The van der Waals surface area contributed by atoms with Crippen molar-refractivity contribution in [2.24, 2.45) is 0 Å². The average molecular weight is 384 g/mol. The quantitative estimate of drug-likeness (QED) is 0.638. The molecule has 7 heteroatoms. The van der Waals surface area contributed by atoms with Crippen molar-refractivity contribution in [3.63, 3.8) is 0 Å². The predicted octanol–water partition coefficient (Wildman–Crippen LogP) is 4.32. The van der Waals surface area contributed by atoms with Crippen molar-refractivity contribution in [3.8, 4) is 0 Å². The number of nitrogens with zero attached hydrogens (tertiary/aromatic N) is 3. The molecule has 0 saturated carbocycles. The van der Waals surface area contributed by atoms with Crippen molar-refractivity contribution >= 4 is 44.9 Å². The first-order valence-electron chi connectivity index (χ1n) is 7.20. The van der Waals surface area contributed by atoms with Gasteiger partial charge in [-0.15, -0.1) is 5.10 Å². The lowest BCUT2D eigenvalue weighted by Gasteiger charge is -2.08. The summed E-state index contributed by atoms with van der Waals surface area (Å²) in [5, 5.41) is 14.1. The number of ketones is 1. The summed E-state index contributed by atoms with van der Waals surface area (Å²) in [5.74, 6) is 0.917. The lowest BCUT2D eigenvalue weighted by Crippen LogP contribution is -2.03. The van der Waals surface area contributed by atoms with E-state index in [2.05, 4.69) is 41.7 Å². The Bertz CT molecular complexity index is 884. The molecular formula is C17H14BrN5O. The van der Waals surface area contributed by atoms with Crippen molar-refractivity contribution in [3.05, 3.63) is 64.8 Å². The molecule has 0 atom stereocenters. The van der Waals surface area contributed by atoms with E-state index >= 15 is 0 Å². The number of anilines is 4. The van der Waals surface area contributed by atoms with Gasteiger partial charge in [0.25, 0.3) is 0 Å². The summed E-state index contributed by atoms with van der Waals surface area (Å²) >= 11 is 3.42. The summed E-state index contributed by atoms with van der Waals surface area (Å²) in [6, 6.07) is 14.9. The fourth-order valence-electron chi connectivity index (χ4n) is 2.08. The second-order valence-electron chi connectivity index (χ2n) is 5.06. The van der Waals surface area contributed by atoms with Crippen molar-refractivity contribution in [1.82, 2.24) is 15.2 Å². The van der Waals surface area contributed by atoms with Crippen LogP contribution < -0.4 is 10.6 Å². The lowest BCUT2D eigenvalue weighted by molar-refractivity contribution is 0.101. The van der Waals surface area contributed by atoms with Crippen LogP contribution >= 0.6 is 15.9 Å². The van der Waals surface area contributed by atoms with E-state index in [0.717, 1.165) is 15.8 Å². The Morgan fingerprint density at radius 3 is 2.54 bits per heavy atom. The fraction of sp³-hybridized carbons (Fsp3) is 0.0588. The second-order valence-corrected chi connectivity index (χ2v) is 5.98. The summed E-state index contributed by atoms with van der Waals surface area (Å²) in [5.41, 5.74) is 2.24. The summed E-state index contributed by atoms with van der Waals surface area (Å²) in [7, 11) is 0. The van der Waals surface area contributed by atoms with Gasteiger partial charge in [0, 0.05) is 21.4 Å². The Balaban J connectivity index is 1.78. The van der Waals surface area contributed by atoms with Gasteiger partial charge in [-0.1, -0.05) is 34.1 Å². The molecule has 0 spiro atoms. The van der Waals surface area contributed by atoms with Gasteiger partial charge >= 0.3 is 0 Å². The molecule has 1 heterocycles. The molecule has 0 fully saturated rings. The van der Waals surface area contributed by atoms with Gasteiger partial charge in [0.1, 0.15) is 0 Å². The largest absolute Gasteiger partial charge is 0.339 e. The molecule has 0 aliphatic carbocycles. The van der Waals surface area contributed by atoms with E-state index in [4.69, 9.17) is 0 Å². The zero-order chi connectivity index (χ0) is 16.9. The number of nitrogens with one attached hydrogen (secondary N) is 2. The van der Waals surface area contributed by atoms with Crippen molar-refractivity contribution < 1.29 is 4.79 Å². The zero-order valence-corrected chi connectivity index (χ0v) is 14.4. The molecule has 2 N–H and O–H groups in total. The number of aromatic nitrogens is 3. The van der Waals surface area contributed by atoms with Crippen LogP contribution in [0.5, 0.6) is 0 Å². The second kappa shape index (κ2) is 7.18. The average Bonchev–Trinajstić information content (AvgIpc) is 2.55. The van der Waals surface area contributed by atoms with Gasteiger partial charge in [0.2, 0.25) is 5.95 Å². The Morgan fingerprint density at radius 2 is 1.79 bits per heavy atom. The predicted molar refractivity (Wildman–Crippen MR) is 97.0 cm³/mol. The van der Waals surface area contributed by atoms with E-state index in [-0.39, 0.29) is 5.78 Å². The molecule has 120 valence electrons. The van der Waals surface area contributed by atoms with Crippen LogP contribution in [0.15, 0.2) is 59.2 Å². The molecule has 2 aromatic carbocycles. The molecule has 0 aliphatic rings. The van der Waals surface area contributed by atoms with E-state index in [1.54, 1.807) is 12.1 Å². The van der Waals surface area contributed by atoms with E-state index in [1.807, 2.05) is 36.4 Å².